The monoisotopic (exact) mass is 189 g/mol. The van der Waals surface area contributed by atoms with Crippen LogP contribution in [0.15, 0.2) is 0 Å². The van der Waals surface area contributed by atoms with Gasteiger partial charge in [-0.05, 0) is 12.8 Å². The van der Waals surface area contributed by atoms with E-state index in [2.05, 4.69) is 10.5 Å². The van der Waals surface area contributed by atoms with Gasteiger partial charge in [-0.25, -0.2) is 4.79 Å². The van der Waals surface area contributed by atoms with Gasteiger partial charge in [0.15, 0.2) is 0 Å². The lowest BCUT2D eigenvalue weighted by Crippen LogP contribution is -2.08. The number of carbonyl (C=O) groups is 2. The maximum Gasteiger partial charge on any atom is 0.404 e. The lowest BCUT2D eigenvalue weighted by Gasteiger charge is -1.97. The molecule has 3 N–H and O–H groups in total. The second-order valence-corrected chi connectivity index (χ2v) is 2.84. The van der Waals surface area contributed by atoms with Crippen molar-refractivity contribution in [1.82, 2.24) is 0 Å². The highest BCUT2D eigenvalue weighted by molar-refractivity contribution is 5.70. The van der Waals surface area contributed by atoms with E-state index >= 15 is 0 Å². The van der Waals surface area contributed by atoms with Gasteiger partial charge in [0.25, 0.3) is 0 Å². The SMILES string of the molecule is COC(N)=O.O=C(O)C1CCCC1. The van der Waals surface area contributed by atoms with Gasteiger partial charge in [0.05, 0.1) is 13.0 Å². The molecular weight excluding hydrogens is 174 g/mol. The van der Waals surface area contributed by atoms with E-state index < -0.39 is 12.1 Å². The van der Waals surface area contributed by atoms with Crippen molar-refractivity contribution in [3.8, 4) is 0 Å². The number of methoxy groups -OCH3 is 1. The van der Waals surface area contributed by atoms with Crippen molar-refractivity contribution in [2.75, 3.05) is 7.11 Å². The van der Waals surface area contributed by atoms with Gasteiger partial charge in [-0.3, -0.25) is 4.79 Å². The number of carboxylic acids is 1. The first-order valence-electron chi connectivity index (χ1n) is 4.14. The number of rotatable bonds is 1. The zero-order valence-electron chi connectivity index (χ0n) is 7.66. The van der Waals surface area contributed by atoms with Gasteiger partial charge < -0.3 is 15.6 Å². The summed E-state index contributed by atoms with van der Waals surface area (Å²) >= 11 is 0. The Morgan fingerprint density at radius 3 is 1.92 bits per heavy atom. The largest absolute Gasteiger partial charge is 0.481 e. The fourth-order valence-electron chi connectivity index (χ4n) is 1.17. The summed E-state index contributed by atoms with van der Waals surface area (Å²) < 4.78 is 3.89. The summed E-state index contributed by atoms with van der Waals surface area (Å²) in [5.41, 5.74) is 4.43. The molecule has 0 aromatic carbocycles. The van der Waals surface area contributed by atoms with Crippen LogP contribution in [-0.4, -0.2) is 24.3 Å². The van der Waals surface area contributed by atoms with E-state index in [1.54, 1.807) is 0 Å². The molecular formula is C8H15NO4. The third-order valence-electron chi connectivity index (χ3n) is 1.91. The molecule has 0 aliphatic heterocycles. The molecule has 0 radical (unpaired) electrons. The average molecular weight is 189 g/mol. The summed E-state index contributed by atoms with van der Waals surface area (Å²) in [5.74, 6) is -0.627. The minimum Gasteiger partial charge on any atom is -0.481 e. The Morgan fingerprint density at radius 1 is 1.38 bits per heavy atom. The van der Waals surface area contributed by atoms with Crippen LogP contribution in [0.2, 0.25) is 0 Å². The summed E-state index contributed by atoms with van der Waals surface area (Å²) in [6.07, 6.45) is 3.27. The zero-order valence-corrected chi connectivity index (χ0v) is 7.66. The second kappa shape index (κ2) is 6.28. The Labute approximate surface area is 76.9 Å². The third-order valence-corrected chi connectivity index (χ3v) is 1.91. The van der Waals surface area contributed by atoms with Gasteiger partial charge in [-0.15, -0.1) is 0 Å². The van der Waals surface area contributed by atoms with E-state index in [1.807, 2.05) is 0 Å². The Kier molecular flexibility index (Phi) is 5.67. The Balaban J connectivity index is 0.000000252. The molecule has 5 heteroatoms. The van der Waals surface area contributed by atoms with Crippen LogP contribution in [0.5, 0.6) is 0 Å². The summed E-state index contributed by atoms with van der Waals surface area (Å²) in [4.78, 5) is 19.6. The molecule has 5 nitrogen and oxygen atoms in total. The van der Waals surface area contributed by atoms with Crippen molar-refractivity contribution in [2.45, 2.75) is 25.7 Å². The molecule has 76 valence electrons. The van der Waals surface area contributed by atoms with Gasteiger partial charge in [-0.2, -0.15) is 0 Å². The normalized spacial score (nSPS) is 15.8. The van der Waals surface area contributed by atoms with Gasteiger partial charge in [0.2, 0.25) is 0 Å². The van der Waals surface area contributed by atoms with Gasteiger partial charge in [0, 0.05) is 0 Å². The molecule has 0 spiro atoms. The number of aliphatic carboxylic acids is 1. The fourth-order valence-corrected chi connectivity index (χ4v) is 1.17. The highest BCUT2D eigenvalue weighted by Gasteiger charge is 2.20. The van der Waals surface area contributed by atoms with Crippen molar-refractivity contribution >= 4 is 12.1 Å². The molecule has 1 fully saturated rings. The standard InChI is InChI=1S/C6H10O2.C2H5NO2/c7-6(8)5-3-1-2-4-5;1-5-2(3)4/h5H,1-4H2,(H,7,8);1H3,(H2,3,4). The van der Waals surface area contributed by atoms with E-state index in [0.29, 0.717) is 0 Å². The summed E-state index contributed by atoms with van der Waals surface area (Å²) in [6, 6.07) is 0. The maximum atomic E-state index is 10.2. The van der Waals surface area contributed by atoms with Gasteiger partial charge in [0.1, 0.15) is 0 Å². The topological polar surface area (TPSA) is 89.6 Å². The molecule has 1 aliphatic carbocycles. The third kappa shape index (κ3) is 5.95. The van der Waals surface area contributed by atoms with Crippen molar-refractivity contribution in [3.63, 3.8) is 0 Å². The van der Waals surface area contributed by atoms with Gasteiger partial charge >= 0.3 is 12.1 Å². The van der Waals surface area contributed by atoms with Crippen LogP contribution in [0.25, 0.3) is 0 Å². The number of amides is 1. The van der Waals surface area contributed by atoms with E-state index in [1.165, 1.54) is 7.11 Å². The molecule has 0 unspecified atom stereocenters. The molecule has 13 heavy (non-hydrogen) atoms. The molecule has 0 heterocycles. The van der Waals surface area contributed by atoms with Crippen LogP contribution in [-0.2, 0) is 9.53 Å². The molecule has 0 aromatic heterocycles. The predicted molar refractivity (Wildman–Crippen MR) is 46.2 cm³/mol. The Morgan fingerprint density at radius 2 is 1.77 bits per heavy atom. The Bertz CT molecular complexity index is 175. The summed E-state index contributed by atoms with van der Waals surface area (Å²) in [6.45, 7) is 0. The van der Waals surface area contributed by atoms with Crippen LogP contribution in [0.4, 0.5) is 4.79 Å². The molecule has 1 saturated carbocycles. The maximum absolute atomic E-state index is 10.2. The summed E-state index contributed by atoms with van der Waals surface area (Å²) in [5, 5.41) is 8.41. The number of nitrogens with two attached hydrogens (primary N) is 1. The van der Waals surface area contributed by atoms with Crippen molar-refractivity contribution in [3.05, 3.63) is 0 Å². The number of carbonyl (C=O) groups excluding carboxylic acids is 1. The quantitative estimate of drug-likeness (QED) is 0.643. The molecule has 0 atom stereocenters. The minimum absolute atomic E-state index is 0.0185. The first kappa shape index (κ1) is 11.7. The number of hydrogen-bond donors (Lipinski definition) is 2. The lowest BCUT2D eigenvalue weighted by molar-refractivity contribution is -0.141. The van der Waals surface area contributed by atoms with Gasteiger partial charge in [-0.1, -0.05) is 12.8 Å². The number of ether oxygens (including phenoxy) is 1. The molecule has 0 aromatic rings. The highest BCUT2D eigenvalue weighted by atomic mass is 16.5. The van der Waals surface area contributed by atoms with Crippen molar-refractivity contribution in [1.29, 1.82) is 0 Å². The van der Waals surface area contributed by atoms with Crippen LogP contribution in [0, 0.1) is 5.92 Å². The van der Waals surface area contributed by atoms with Crippen LogP contribution < -0.4 is 5.73 Å². The lowest BCUT2D eigenvalue weighted by atomic mass is 10.1. The molecule has 1 rings (SSSR count). The number of hydrogen-bond acceptors (Lipinski definition) is 3. The second-order valence-electron chi connectivity index (χ2n) is 2.84. The van der Waals surface area contributed by atoms with Crippen LogP contribution in [0.3, 0.4) is 0 Å². The highest BCUT2D eigenvalue weighted by Crippen LogP contribution is 2.24. The van der Waals surface area contributed by atoms with Crippen LogP contribution in [0.1, 0.15) is 25.7 Å². The first-order chi connectivity index (χ1) is 6.07. The van der Waals surface area contributed by atoms with E-state index in [0.717, 1.165) is 25.7 Å². The molecule has 1 amide bonds. The zero-order chi connectivity index (χ0) is 10.3. The molecule has 1 aliphatic rings. The number of carboxylic acid groups (broad SMARTS) is 1. The molecule has 0 bridgehead atoms. The van der Waals surface area contributed by atoms with Crippen LogP contribution >= 0.6 is 0 Å². The minimum atomic E-state index is -0.745. The summed E-state index contributed by atoms with van der Waals surface area (Å²) in [7, 11) is 1.22. The van der Waals surface area contributed by atoms with E-state index in [-0.39, 0.29) is 5.92 Å². The smallest absolute Gasteiger partial charge is 0.404 e. The van der Waals surface area contributed by atoms with Crippen molar-refractivity contribution < 1.29 is 19.4 Å². The Hall–Kier alpha value is -1.26. The predicted octanol–water partition coefficient (Wildman–Crippen LogP) is 0.973. The average Bonchev–Trinajstić information content (AvgIpc) is 2.57. The van der Waals surface area contributed by atoms with E-state index in [9.17, 15) is 9.59 Å². The van der Waals surface area contributed by atoms with E-state index in [4.69, 9.17) is 5.11 Å². The van der Waals surface area contributed by atoms with Crippen molar-refractivity contribution in [2.24, 2.45) is 11.7 Å². The first-order valence-corrected chi connectivity index (χ1v) is 4.14. The molecule has 0 saturated heterocycles. The number of primary amides is 1. The fraction of sp³-hybridized carbons (Fsp3) is 0.750.